The van der Waals surface area contributed by atoms with Crippen LogP contribution < -0.4 is 5.73 Å². The van der Waals surface area contributed by atoms with E-state index in [2.05, 4.69) is 0 Å². The van der Waals surface area contributed by atoms with Crippen LogP contribution in [0.2, 0.25) is 0 Å². The van der Waals surface area contributed by atoms with Gasteiger partial charge in [0.05, 0.1) is 5.60 Å². The third-order valence-electron chi connectivity index (χ3n) is 2.82. The summed E-state index contributed by atoms with van der Waals surface area (Å²) in [4.78, 5) is 0. The Balaban J connectivity index is 2.75. The number of halogens is 1. The van der Waals surface area contributed by atoms with Gasteiger partial charge < -0.3 is 10.5 Å². The monoisotopic (exact) mass is 211 g/mol. The lowest BCUT2D eigenvalue weighted by Gasteiger charge is -2.30. The van der Waals surface area contributed by atoms with Crippen molar-refractivity contribution in [1.29, 1.82) is 0 Å². The van der Waals surface area contributed by atoms with E-state index < -0.39 is 5.60 Å². The van der Waals surface area contributed by atoms with Crippen molar-refractivity contribution in [3.63, 3.8) is 0 Å². The summed E-state index contributed by atoms with van der Waals surface area (Å²) in [5, 5.41) is 0. The van der Waals surface area contributed by atoms with Gasteiger partial charge in [0.15, 0.2) is 0 Å². The molecule has 1 aromatic rings. The van der Waals surface area contributed by atoms with Crippen molar-refractivity contribution in [1.82, 2.24) is 0 Å². The molecule has 2 N–H and O–H groups in total. The van der Waals surface area contributed by atoms with Gasteiger partial charge in [0.1, 0.15) is 5.82 Å². The number of ether oxygens (including phenoxy) is 1. The molecule has 0 radical (unpaired) electrons. The van der Waals surface area contributed by atoms with Crippen LogP contribution in [0.3, 0.4) is 0 Å². The van der Waals surface area contributed by atoms with E-state index in [4.69, 9.17) is 10.5 Å². The van der Waals surface area contributed by atoms with Crippen LogP contribution in [0.1, 0.15) is 19.4 Å². The molecule has 0 amide bonds. The van der Waals surface area contributed by atoms with Crippen molar-refractivity contribution in [2.75, 3.05) is 7.11 Å². The van der Waals surface area contributed by atoms with Crippen molar-refractivity contribution >= 4 is 0 Å². The summed E-state index contributed by atoms with van der Waals surface area (Å²) in [7, 11) is 1.61. The second kappa shape index (κ2) is 4.73. The first-order valence-corrected chi connectivity index (χ1v) is 5.01. The fourth-order valence-corrected chi connectivity index (χ4v) is 1.30. The average molecular weight is 211 g/mol. The van der Waals surface area contributed by atoms with E-state index in [9.17, 15) is 4.39 Å². The Bertz CT molecular complexity index is 325. The van der Waals surface area contributed by atoms with Gasteiger partial charge in [-0.1, -0.05) is 18.2 Å². The van der Waals surface area contributed by atoms with Crippen LogP contribution in [0.15, 0.2) is 24.3 Å². The third kappa shape index (κ3) is 3.01. The SMILES string of the molecule is COC(C)(C)C(N)Cc1ccccc1F. The molecule has 0 heterocycles. The van der Waals surface area contributed by atoms with Crippen molar-refractivity contribution in [3.05, 3.63) is 35.6 Å². The molecule has 0 saturated heterocycles. The van der Waals surface area contributed by atoms with Crippen LogP contribution in [0.25, 0.3) is 0 Å². The second-order valence-corrected chi connectivity index (χ2v) is 4.21. The topological polar surface area (TPSA) is 35.2 Å². The highest BCUT2D eigenvalue weighted by molar-refractivity contribution is 5.19. The Morgan fingerprint density at radius 1 is 1.40 bits per heavy atom. The first-order valence-electron chi connectivity index (χ1n) is 5.01. The molecule has 3 heteroatoms. The second-order valence-electron chi connectivity index (χ2n) is 4.21. The standard InChI is InChI=1S/C12H18FNO/c1-12(2,15-3)11(14)8-9-6-4-5-7-10(9)13/h4-7,11H,8,14H2,1-3H3. The molecule has 2 nitrogen and oxygen atoms in total. The quantitative estimate of drug-likeness (QED) is 0.828. The van der Waals surface area contributed by atoms with Crippen LogP contribution >= 0.6 is 0 Å². The highest BCUT2D eigenvalue weighted by Gasteiger charge is 2.26. The maximum Gasteiger partial charge on any atom is 0.126 e. The molecular weight excluding hydrogens is 193 g/mol. The summed E-state index contributed by atoms with van der Waals surface area (Å²) < 4.78 is 18.6. The predicted molar refractivity (Wildman–Crippen MR) is 59.2 cm³/mol. The minimum Gasteiger partial charge on any atom is -0.377 e. The molecule has 1 rings (SSSR count). The zero-order valence-corrected chi connectivity index (χ0v) is 9.46. The Hall–Kier alpha value is -0.930. The summed E-state index contributed by atoms with van der Waals surface area (Å²) in [5.74, 6) is -0.208. The van der Waals surface area contributed by atoms with Gasteiger partial charge in [0, 0.05) is 13.2 Å². The van der Waals surface area contributed by atoms with E-state index >= 15 is 0 Å². The van der Waals surface area contributed by atoms with Crippen molar-refractivity contribution in [3.8, 4) is 0 Å². The minimum absolute atomic E-state index is 0.208. The molecule has 0 aliphatic rings. The number of methoxy groups -OCH3 is 1. The van der Waals surface area contributed by atoms with Gasteiger partial charge in [0.2, 0.25) is 0 Å². The number of benzene rings is 1. The molecule has 0 aromatic heterocycles. The number of rotatable bonds is 4. The van der Waals surface area contributed by atoms with Crippen LogP contribution in [-0.4, -0.2) is 18.8 Å². The van der Waals surface area contributed by atoms with E-state index in [-0.39, 0.29) is 11.9 Å². The van der Waals surface area contributed by atoms with Crippen LogP contribution in [0.4, 0.5) is 4.39 Å². The van der Waals surface area contributed by atoms with Crippen molar-refractivity contribution < 1.29 is 9.13 Å². The van der Waals surface area contributed by atoms with E-state index in [1.54, 1.807) is 19.2 Å². The first-order chi connectivity index (χ1) is 6.97. The number of hydrogen-bond acceptors (Lipinski definition) is 2. The fourth-order valence-electron chi connectivity index (χ4n) is 1.30. The summed E-state index contributed by atoms with van der Waals surface area (Å²) in [5.41, 5.74) is 6.16. The minimum atomic E-state index is -0.442. The van der Waals surface area contributed by atoms with Crippen LogP contribution in [0.5, 0.6) is 0 Å². The van der Waals surface area contributed by atoms with Gasteiger partial charge in [-0.25, -0.2) is 4.39 Å². The van der Waals surface area contributed by atoms with Gasteiger partial charge in [-0.15, -0.1) is 0 Å². The van der Waals surface area contributed by atoms with Crippen LogP contribution in [-0.2, 0) is 11.2 Å². The maximum atomic E-state index is 13.3. The van der Waals surface area contributed by atoms with Gasteiger partial charge in [-0.3, -0.25) is 0 Å². The molecule has 0 saturated carbocycles. The van der Waals surface area contributed by atoms with Gasteiger partial charge in [0.25, 0.3) is 0 Å². The predicted octanol–water partition coefficient (Wildman–Crippen LogP) is 2.12. The third-order valence-corrected chi connectivity index (χ3v) is 2.82. The van der Waals surface area contributed by atoms with Crippen molar-refractivity contribution in [2.24, 2.45) is 5.73 Å². The summed E-state index contributed by atoms with van der Waals surface area (Å²) in [6, 6.07) is 6.46. The summed E-state index contributed by atoms with van der Waals surface area (Å²) >= 11 is 0. The Kier molecular flexibility index (Phi) is 3.83. The molecule has 0 aliphatic heterocycles. The van der Waals surface area contributed by atoms with Gasteiger partial charge in [-0.05, 0) is 31.9 Å². The molecule has 1 unspecified atom stereocenters. The molecular formula is C12H18FNO. The summed E-state index contributed by atoms with van der Waals surface area (Å²) in [6.07, 6.45) is 0.480. The molecule has 0 aliphatic carbocycles. The summed E-state index contributed by atoms with van der Waals surface area (Å²) in [6.45, 7) is 3.80. The van der Waals surface area contributed by atoms with Gasteiger partial charge in [-0.2, -0.15) is 0 Å². The first kappa shape index (κ1) is 12.1. The lowest BCUT2D eigenvalue weighted by molar-refractivity contribution is 0.000638. The molecule has 0 bridgehead atoms. The lowest BCUT2D eigenvalue weighted by Crippen LogP contribution is -2.46. The van der Waals surface area contributed by atoms with E-state index in [0.29, 0.717) is 12.0 Å². The average Bonchev–Trinajstić information content (AvgIpc) is 2.21. The van der Waals surface area contributed by atoms with Crippen molar-refractivity contribution in [2.45, 2.75) is 31.9 Å². The van der Waals surface area contributed by atoms with E-state index in [0.717, 1.165) is 0 Å². The Morgan fingerprint density at radius 3 is 2.53 bits per heavy atom. The molecule has 1 aromatic carbocycles. The zero-order chi connectivity index (χ0) is 11.5. The highest BCUT2D eigenvalue weighted by Crippen LogP contribution is 2.17. The largest absolute Gasteiger partial charge is 0.377 e. The highest BCUT2D eigenvalue weighted by atomic mass is 19.1. The van der Waals surface area contributed by atoms with E-state index in [1.165, 1.54) is 6.07 Å². The molecule has 0 fully saturated rings. The molecule has 1 atom stereocenters. The molecule has 84 valence electrons. The lowest BCUT2D eigenvalue weighted by atomic mass is 9.93. The molecule has 0 spiro atoms. The maximum absolute atomic E-state index is 13.3. The molecule has 15 heavy (non-hydrogen) atoms. The smallest absolute Gasteiger partial charge is 0.126 e. The van der Waals surface area contributed by atoms with Crippen LogP contribution in [0, 0.1) is 5.82 Å². The normalized spacial score (nSPS) is 13.9. The number of hydrogen-bond donors (Lipinski definition) is 1. The number of nitrogens with two attached hydrogens (primary N) is 1. The Morgan fingerprint density at radius 2 is 2.00 bits per heavy atom. The fraction of sp³-hybridized carbons (Fsp3) is 0.500. The zero-order valence-electron chi connectivity index (χ0n) is 9.46. The Labute approximate surface area is 90.2 Å². The van der Waals surface area contributed by atoms with Gasteiger partial charge >= 0.3 is 0 Å². The van der Waals surface area contributed by atoms with E-state index in [1.807, 2.05) is 19.9 Å².